The molecular weight excluding hydrogens is 531 g/mol. The number of halogens is 3. The van der Waals surface area contributed by atoms with Crippen molar-refractivity contribution in [1.29, 1.82) is 5.41 Å². The van der Waals surface area contributed by atoms with Crippen LogP contribution in [0.3, 0.4) is 0 Å². The average Bonchev–Trinajstić information content (AvgIpc) is 2.90. The highest BCUT2D eigenvalue weighted by Crippen LogP contribution is 2.15. The summed E-state index contributed by atoms with van der Waals surface area (Å²) in [7, 11) is 1.49. The topological polar surface area (TPSA) is 198 Å². The summed E-state index contributed by atoms with van der Waals surface area (Å²) < 4.78 is 46.7. The van der Waals surface area contributed by atoms with Crippen molar-refractivity contribution >= 4 is 29.5 Å². The summed E-state index contributed by atoms with van der Waals surface area (Å²) in [5, 5.41) is 26.6. The molecule has 0 saturated carbocycles. The number of carboxylic acid groups (broad SMARTS) is 1. The van der Waals surface area contributed by atoms with Gasteiger partial charge < -0.3 is 35.5 Å². The number of amidine groups is 1. The van der Waals surface area contributed by atoms with Crippen molar-refractivity contribution in [2.24, 2.45) is 5.73 Å². The Kier molecular flexibility index (Phi) is 13.1. The molecule has 1 atom stereocenters. The molecule has 0 bridgehead atoms. The first-order chi connectivity index (χ1) is 18.3. The minimum Gasteiger partial charge on any atom is -0.482 e. The number of aliphatic hydroxyl groups is 1. The summed E-state index contributed by atoms with van der Waals surface area (Å²) in [4.78, 5) is 45.5. The van der Waals surface area contributed by atoms with Gasteiger partial charge in [-0.15, -0.1) is 0 Å². The van der Waals surface area contributed by atoms with Crippen molar-refractivity contribution in [1.82, 2.24) is 5.32 Å². The van der Waals surface area contributed by atoms with E-state index in [9.17, 15) is 32.7 Å². The Morgan fingerprint density at radius 1 is 0.974 bits per heavy atom. The smallest absolute Gasteiger partial charge is 0.482 e. The molecule has 15 heteroatoms. The Hall–Kier alpha value is -4.50. The maximum Gasteiger partial charge on any atom is 0.490 e. The van der Waals surface area contributed by atoms with Crippen molar-refractivity contribution in [2.75, 3.05) is 33.5 Å². The zero-order valence-electron chi connectivity index (χ0n) is 20.5. The number of carbonyl (C=O) groups is 4. The zero-order chi connectivity index (χ0) is 29.6. The largest absolute Gasteiger partial charge is 0.490 e. The van der Waals surface area contributed by atoms with Crippen LogP contribution in [-0.2, 0) is 19.1 Å². The van der Waals surface area contributed by atoms with Crippen LogP contribution in [0.25, 0.3) is 0 Å². The molecule has 0 aromatic heterocycles. The van der Waals surface area contributed by atoms with Gasteiger partial charge in [0.1, 0.15) is 24.2 Å². The molecule has 212 valence electrons. The van der Waals surface area contributed by atoms with Crippen LogP contribution in [0, 0.1) is 5.41 Å². The lowest BCUT2D eigenvalue weighted by molar-refractivity contribution is -0.192. The summed E-state index contributed by atoms with van der Waals surface area (Å²) in [6.07, 6.45) is -5.08. The number of Topliss-reactive ketones (excluding diaryl/α,β-unsaturated/α-hetero) is 1. The number of esters is 1. The number of aliphatic carboxylic acids is 1. The van der Waals surface area contributed by atoms with Crippen LogP contribution < -0.4 is 15.8 Å². The van der Waals surface area contributed by atoms with Gasteiger partial charge in [0.15, 0.2) is 12.4 Å². The third-order valence-electron chi connectivity index (χ3n) is 4.55. The van der Waals surface area contributed by atoms with Crippen LogP contribution in [0.1, 0.15) is 26.3 Å². The fraction of sp³-hybridized carbons (Fsp3) is 0.292. The highest BCUT2D eigenvalue weighted by atomic mass is 19.4. The van der Waals surface area contributed by atoms with Gasteiger partial charge in [0.25, 0.3) is 5.91 Å². The third-order valence-corrected chi connectivity index (χ3v) is 4.55. The molecule has 0 fully saturated rings. The summed E-state index contributed by atoms with van der Waals surface area (Å²) >= 11 is 0. The molecule has 39 heavy (non-hydrogen) atoms. The second-order valence-electron chi connectivity index (χ2n) is 7.39. The SMILES string of the molecule is COCCOC(=O)COc1ccc(C(=O)[C@H](CO)NC(=O)c2ccc(C(=N)N)cc2)cc1.O=C(O)C(F)(F)F. The van der Waals surface area contributed by atoms with Gasteiger partial charge in [-0.25, -0.2) is 9.59 Å². The summed E-state index contributed by atoms with van der Waals surface area (Å²) in [5.74, 6) is -4.14. The first kappa shape index (κ1) is 32.5. The number of amides is 1. The van der Waals surface area contributed by atoms with Gasteiger partial charge in [-0.3, -0.25) is 15.0 Å². The van der Waals surface area contributed by atoms with Crippen LogP contribution in [0.5, 0.6) is 5.75 Å². The lowest BCUT2D eigenvalue weighted by atomic mass is 10.0. The maximum atomic E-state index is 12.7. The maximum absolute atomic E-state index is 12.7. The first-order valence-electron chi connectivity index (χ1n) is 10.9. The minimum atomic E-state index is -5.08. The number of nitrogens with two attached hydrogens (primary N) is 1. The van der Waals surface area contributed by atoms with Crippen LogP contribution in [0.2, 0.25) is 0 Å². The number of benzene rings is 2. The molecule has 2 aromatic carbocycles. The summed E-state index contributed by atoms with van der Waals surface area (Å²) in [5.41, 5.74) is 6.34. The number of aliphatic hydroxyl groups excluding tert-OH is 1. The predicted octanol–water partition coefficient (Wildman–Crippen LogP) is 1.15. The number of carboxylic acids is 1. The first-order valence-corrected chi connectivity index (χ1v) is 10.9. The van der Waals surface area contributed by atoms with Crippen LogP contribution >= 0.6 is 0 Å². The van der Waals surface area contributed by atoms with Gasteiger partial charge in [-0.2, -0.15) is 13.2 Å². The second kappa shape index (κ2) is 15.7. The number of alkyl halides is 3. The molecule has 0 aliphatic heterocycles. The lowest BCUT2D eigenvalue weighted by Crippen LogP contribution is -2.43. The van der Waals surface area contributed by atoms with Gasteiger partial charge in [0.2, 0.25) is 0 Å². The van der Waals surface area contributed by atoms with Crippen molar-refractivity contribution in [3.63, 3.8) is 0 Å². The quantitative estimate of drug-likeness (QED) is 0.0829. The molecular formula is C24H26F3N3O9. The molecule has 0 unspecified atom stereocenters. The van der Waals surface area contributed by atoms with Crippen molar-refractivity contribution < 1.29 is 56.8 Å². The van der Waals surface area contributed by atoms with Crippen molar-refractivity contribution in [3.8, 4) is 5.75 Å². The summed E-state index contributed by atoms with van der Waals surface area (Å²) in [6, 6.07) is 10.7. The molecule has 0 saturated heterocycles. The molecule has 0 aliphatic rings. The number of ether oxygens (including phenoxy) is 3. The number of hydrogen-bond donors (Lipinski definition) is 5. The molecule has 2 rings (SSSR count). The number of nitrogen functional groups attached to an aromatic ring is 1. The molecule has 6 N–H and O–H groups in total. The highest BCUT2D eigenvalue weighted by molar-refractivity contribution is 6.04. The number of carbonyl (C=O) groups excluding carboxylic acids is 3. The summed E-state index contributed by atoms with van der Waals surface area (Å²) in [6.45, 7) is -0.480. The standard InChI is InChI=1S/C22H25N3O7.C2HF3O2/c1-30-10-11-31-19(27)13-32-17-8-6-14(7-9-17)20(28)18(12-26)25-22(29)16-4-2-15(3-5-16)21(23)24;3-2(4,5)1(6)7/h2-9,18,26H,10-13H2,1H3,(H3,23,24)(H,25,29);(H,6,7)/t18-;/m0./s1. The molecule has 0 heterocycles. The Labute approximate surface area is 220 Å². The number of hydrogen-bond acceptors (Lipinski definition) is 9. The van der Waals surface area contributed by atoms with Gasteiger partial charge in [0.05, 0.1) is 13.2 Å². The van der Waals surface area contributed by atoms with Gasteiger partial charge in [0, 0.05) is 23.8 Å². The van der Waals surface area contributed by atoms with E-state index < -0.39 is 42.5 Å². The molecule has 0 spiro atoms. The van der Waals surface area contributed by atoms with Gasteiger partial charge in [-0.1, -0.05) is 12.1 Å². The van der Waals surface area contributed by atoms with Crippen LogP contribution in [0.4, 0.5) is 13.2 Å². The average molecular weight is 557 g/mol. The Morgan fingerprint density at radius 2 is 1.49 bits per heavy atom. The van der Waals surface area contributed by atoms with Crippen molar-refractivity contribution in [3.05, 3.63) is 65.2 Å². The normalized spacial score (nSPS) is 11.3. The van der Waals surface area contributed by atoms with E-state index in [1.54, 1.807) is 0 Å². The highest BCUT2D eigenvalue weighted by Gasteiger charge is 2.38. The lowest BCUT2D eigenvalue weighted by Gasteiger charge is -2.16. The number of rotatable bonds is 12. The number of ketones is 1. The van der Waals surface area contributed by atoms with E-state index in [0.717, 1.165) is 0 Å². The number of nitrogens with one attached hydrogen (secondary N) is 2. The van der Waals surface area contributed by atoms with E-state index in [2.05, 4.69) is 5.32 Å². The van der Waals surface area contributed by atoms with E-state index >= 15 is 0 Å². The fourth-order valence-corrected chi connectivity index (χ4v) is 2.58. The second-order valence-corrected chi connectivity index (χ2v) is 7.39. The Balaban J connectivity index is 0.000000956. The minimum absolute atomic E-state index is 0.126. The van der Waals surface area contributed by atoms with Gasteiger partial charge >= 0.3 is 18.1 Å². The Morgan fingerprint density at radius 3 is 1.95 bits per heavy atom. The van der Waals surface area contributed by atoms with E-state index in [0.29, 0.717) is 11.3 Å². The van der Waals surface area contributed by atoms with Gasteiger partial charge in [-0.05, 0) is 36.4 Å². The van der Waals surface area contributed by atoms with Crippen LogP contribution in [0.15, 0.2) is 48.5 Å². The molecule has 2 aromatic rings. The van der Waals surface area contributed by atoms with Crippen molar-refractivity contribution in [2.45, 2.75) is 12.2 Å². The molecule has 0 aliphatic carbocycles. The predicted molar refractivity (Wildman–Crippen MR) is 129 cm³/mol. The number of methoxy groups -OCH3 is 1. The molecule has 12 nitrogen and oxygen atoms in total. The third kappa shape index (κ3) is 11.6. The molecule has 1 amide bonds. The van der Waals surface area contributed by atoms with Crippen LogP contribution in [-0.4, -0.2) is 85.4 Å². The van der Waals surface area contributed by atoms with E-state index in [4.69, 9.17) is 35.3 Å². The molecule has 0 radical (unpaired) electrons. The van der Waals surface area contributed by atoms with E-state index in [-0.39, 0.29) is 36.8 Å². The monoisotopic (exact) mass is 557 g/mol. The Bertz CT molecular complexity index is 1140. The van der Waals surface area contributed by atoms with E-state index in [1.807, 2.05) is 0 Å². The zero-order valence-corrected chi connectivity index (χ0v) is 20.5. The van der Waals surface area contributed by atoms with E-state index in [1.165, 1.54) is 55.6 Å². The fourth-order valence-electron chi connectivity index (χ4n) is 2.58.